The van der Waals surface area contributed by atoms with Crippen LogP contribution in [0.4, 0.5) is 5.95 Å². The van der Waals surface area contributed by atoms with Gasteiger partial charge in [-0.2, -0.15) is 9.97 Å². The minimum Gasteiger partial charge on any atom is -0.480 e. The van der Waals surface area contributed by atoms with Crippen LogP contribution in [-0.4, -0.2) is 56.2 Å². The second-order valence-electron chi connectivity index (χ2n) is 7.65. The Morgan fingerprint density at radius 2 is 2.10 bits per heavy atom. The van der Waals surface area contributed by atoms with Crippen LogP contribution >= 0.6 is 0 Å². The van der Waals surface area contributed by atoms with Crippen molar-refractivity contribution >= 4 is 28.0 Å². The van der Waals surface area contributed by atoms with Gasteiger partial charge in [-0.25, -0.2) is 4.68 Å². The Balaban J connectivity index is 1.54. The van der Waals surface area contributed by atoms with Gasteiger partial charge >= 0.3 is 0 Å². The molecule has 3 aromatic heterocycles. The van der Waals surface area contributed by atoms with Gasteiger partial charge in [0.1, 0.15) is 11.2 Å². The van der Waals surface area contributed by atoms with Crippen molar-refractivity contribution < 1.29 is 13.6 Å². The molecule has 0 unspecified atom stereocenters. The first-order valence-electron chi connectivity index (χ1n) is 11.5. The van der Waals surface area contributed by atoms with Gasteiger partial charge in [0.2, 0.25) is 11.8 Å². The largest absolute Gasteiger partial charge is 0.480 e. The summed E-state index contributed by atoms with van der Waals surface area (Å²) in [6.07, 6.45) is 5.80. The zero-order chi connectivity index (χ0) is 23.2. The Morgan fingerprint density at radius 1 is 1.23 bits per heavy atom. The maximum Gasteiger partial charge on any atom is 0.228 e. The topological polar surface area (TPSA) is 103 Å². The minimum atomic E-state index is -2.65. The molecular formula is C21H25N7O2. The number of aryl methyl sites for hydroxylation is 1. The van der Waals surface area contributed by atoms with Crippen LogP contribution in [0.1, 0.15) is 29.8 Å². The predicted octanol–water partition coefficient (Wildman–Crippen LogP) is 3.28. The number of H-pyrrole nitrogens is 1. The Labute approximate surface area is 178 Å². The Kier molecular flexibility index (Phi) is 3.94. The maximum absolute atomic E-state index is 7.64. The van der Waals surface area contributed by atoms with E-state index in [2.05, 4.69) is 30.6 Å². The summed E-state index contributed by atoms with van der Waals surface area (Å²) in [7, 11) is 0.900. The van der Waals surface area contributed by atoms with Gasteiger partial charge in [0, 0.05) is 32.0 Å². The molecule has 0 saturated heterocycles. The van der Waals surface area contributed by atoms with Crippen LogP contribution < -0.4 is 10.1 Å². The van der Waals surface area contributed by atoms with Crippen molar-refractivity contribution in [3.8, 4) is 17.0 Å². The van der Waals surface area contributed by atoms with Crippen molar-refractivity contribution in [1.29, 1.82) is 0 Å². The lowest BCUT2D eigenvalue weighted by Gasteiger charge is -2.28. The van der Waals surface area contributed by atoms with Gasteiger partial charge in [-0.1, -0.05) is 11.3 Å². The predicted molar refractivity (Wildman–Crippen MR) is 115 cm³/mol. The molecule has 5 rings (SSSR count). The van der Waals surface area contributed by atoms with Gasteiger partial charge in [0.25, 0.3) is 0 Å². The van der Waals surface area contributed by atoms with E-state index in [1.807, 2.05) is 25.2 Å². The SMILES string of the molecule is [2H]C([2H])([2H])Oc1nc(NC2CCC(OC)CC2)nc2[nH]cc(-c3ccc4nnn(C)c4c3)c12. The molecule has 0 radical (unpaired) electrons. The van der Waals surface area contributed by atoms with E-state index in [1.54, 1.807) is 18.0 Å². The van der Waals surface area contributed by atoms with Crippen molar-refractivity contribution in [1.82, 2.24) is 29.9 Å². The van der Waals surface area contributed by atoms with Crippen molar-refractivity contribution in [3.05, 3.63) is 24.4 Å². The van der Waals surface area contributed by atoms with Gasteiger partial charge in [-0.3, -0.25) is 0 Å². The highest BCUT2D eigenvalue weighted by Gasteiger charge is 2.23. The number of anilines is 1. The molecule has 0 aliphatic heterocycles. The van der Waals surface area contributed by atoms with Crippen molar-refractivity contribution in [2.45, 2.75) is 37.8 Å². The normalized spacial score (nSPS) is 21.3. The Hall–Kier alpha value is -3.20. The summed E-state index contributed by atoms with van der Waals surface area (Å²) in [5.41, 5.74) is 3.70. The second kappa shape index (κ2) is 7.56. The fraction of sp³-hybridized carbons (Fsp3) is 0.429. The average Bonchev–Trinajstić information content (AvgIpc) is 3.37. The van der Waals surface area contributed by atoms with Crippen LogP contribution in [0.5, 0.6) is 5.88 Å². The number of hydrogen-bond acceptors (Lipinski definition) is 7. The van der Waals surface area contributed by atoms with Crippen LogP contribution in [0.3, 0.4) is 0 Å². The molecule has 0 spiro atoms. The van der Waals surface area contributed by atoms with Crippen LogP contribution in [0.25, 0.3) is 33.2 Å². The first kappa shape index (κ1) is 15.6. The number of nitrogens with zero attached hydrogens (tertiary/aromatic N) is 5. The summed E-state index contributed by atoms with van der Waals surface area (Å²) in [5, 5.41) is 12.0. The number of aromatic amines is 1. The summed E-state index contributed by atoms with van der Waals surface area (Å²) in [5.74, 6) is 0.342. The third-order valence-corrected chi connectivity index (χ3v) is 5.86. The molecule has 4 aromatic rings. The van der Waals surface area contributed by atoms with E-state index in [-0.39, 0.29) is 18.0 Å². The number of ether oxygens (including phenoxy) is 2. The summed E-state index contributed by atoms with van der Waals surface area (Å²) < 4.78 is 35.4. The fourth-order valence-corrected chi connectivity index (χ4v) is 4.19. The molecule has 9 nitrogen and oxygen atoms in total. The molecule has 1 saturated carbocycles. The van der Waals surface area contributed by atoms with Crippen LogP contribution in [0.15, 0.2) is 24.4 Å². The van der Waals surface area contributed by atoms with Gasteiger partial charge in [0.05, 0.1) is 28.2 Å². The lowest BCUT2D eigenvalue weighted by molar-refractivity contribution is 0.0681. The molecule has 3 heterocycles. The minimum absolute atomic E-state index is 0.00700. The van der Waals surface area contributed by atoms with Gasteiger partial charge in [-0.05, 0) is 43.4 Å². The molecule has 9 heteroatoms. The van der Waals surface area contributed by atoms with Crippen molar-refractivity contribution in [2.24, 2.45) is 7.05 Å². The Morgan fingerprint density at radius 3 is 2.90 bits per heavy atom. The highest BCUT2D eigenvalue weighted by Crippen LogP contribution is 2.35. The number of methoxy groups -OCH3 is 2. The van der Waals surface area contributed by atoms with E-state index in [0.717, 1.165) is 47.8 Å². The second-order valence-corrected chi connectivity index (χ2v) is 7.65. The molecule has 1 aromatic carbocycles. The number of fused-ring (bicyclic) bond motifs is 2. The molecular weight excluding hydrogens is 382 g/mol. The van der Waals surface area contributed by atoms with E-state index < -0.39 is 7.04 Å². The van der Waals surface area contributed by atoms with E-state index in [9.17, 15) is 0 Å². The molecule has 0 bridgehead atoms. The number of benzene rings is 1. The molecule has 0 atom stereocenters. The monoisotopic (exact) mass is 410 g/mol. The molecule has 30 heavy (non-hydrogen) atoms. The zero-order valence-corrected chi connectivity index (χ0v) is 16.8. The molecule has 1 aliphatic carbocycles. The first-order chi connectivity index (χ1) is 15.8. The molecule has 1 fully saturated rings. The summed E-state index contributed by atoms with van der Waals surface area (Å²) in [6.45, 7) is 0. The number of aromatic nitrogens is 6. The van der Waals surface area contributed by atoms with Crippen molar-refractivity contribution in [3.63, 3.8) is 0 Å². The smallest absolute Gasteiger partial charge is 0.228 e. The molecule has 1 aliphatic rings. The van der Waals surface area contributed by atoms with Crippen LogP contribution in [-0.2, 0) is 11.8 Å². The Bertz CT molecular complexity index is 1290. The highest BCUT2D eigenvalue weighted by atomic mass is 16.5. The first-order valence-corrected chi connectivity index (χ1v) is 9.98. The number of hydrogen-bond donors (Lipinski definition) is 2. The molecule has 0 amide bonds. The van der Waals surface area contributed by atoms with Gasteiger partial charge in [0.15, 0.2) is 0 Å². The number of nitrogens with one attached hydrogen (secondary N) is 2. The molecule has 156 valence electrons. The number of rotatable bonds is 5. The van der Waals surface area contributed by atoms with Gasteiger partial charge < -0.3 is 19.8 Å². The fourth-order valence-electron chi connectivity index (χ4n) is 4.19. The highest BCUT2D eigenvalue weighted by molar-refractivity contribution is 5.99. The summed E-state index contributed by atoms with van der Waals surface area (Å²) >= 11 is 0. The van der Waals surface area contributed by atoms with Gasteiger partial charge in [-0.15, -0.1) is 5.10 Å². The lowest BCUT2D eigenvalue weighted by atomic mass is 9.93. The van der Waals surface area contributed by atoms with Crippen LogP contribution in [0.2, 0.25) is 0 Å². The quantitative estimate of drug-likeness (QED) is 0.520. The standard InChI is InChI=1S/C21H25N7O2/c1-28-17-10-12(4-9-16(17)26-27-28)15-11-22-19-18(15)20(30-3)25-21(24-19)23-13-5-7-14(29-2)8-6-13/h4,9-11,13-14H,5-8H2,1-3H3,(H2,22,23,24,25)/i3D3. The van der Waals surface area contributed by atoms with E-state index >= 15 is 0 Å². The zero-order valence-electron chi connectivity index (χ0n) is 19.8. The maximum atomic E-state index is 7.64. The van der Waals surface area contributed by atoms with E-state index in [4.69, 9.17) is 13.6 Å². The third kappa shape index (κ3) is 3.24. The third-order valence-electron chi connectivity index (χ3n) is 5.86. The average molecular weight is 410 g/mol. The molecule has 2 N–H and O–H groups in total. The summed E-state index contributed by atoms with van der Waals surface area (Å²) in [6, 6.07) is 5.90. The lowest BCUT2D eigenvalue weighted by Crippen LogP contribution is -2.29. The van der Waals surface area contributed by atoms with Crippen LogP contribution in [0, 0.1) is 0 Å². The van der Waals surface area contributed by atoms with E-state index in [0.29, 0.717) is 17.0 Å². The summed E-state index contributed by atoms with van der Waals surface area (Å²) in [4.78, 5) is 12.2. The van der Waals surface area contributed by atoms with E-state index in [1.165, 1.54) is 0 Å². The van der Waals surface area contributed by atoms with Crippen molar-refractivity contribution in [2.75, 3.05) is 19.5 Å².